The smallest absolute Gasteiger partial charge is 0.119 e. The van der Waals surface area contributed by atoms with Crippen LogP contribution in [0.25, 0.3) is 0 Å². The third-order valence-corrected chi connectivity index (χ3v) is 3.37. The van der Waals surface area contributed by atoms with Crippen molar-refractivity contribution in [3.05, 3.63) is 28.8 Å². The zero-order valence-electron chi connectivity index (χ0n) is 10.2. The molecule has 90 valence electrons. The number of ether oxygens (including phenoxy) is 1. The molecule has 0 bridgehead atoms. The number of halogens is 1. The first-order valence-corrected chi connectivity index (χ1v) is 6.07. The first-order chi connectivity index (χ1) is 7.54. The minimum Gasteiger partial charge on any atom is -0.492 e. The Kier molecular flexibility index (Phi) is 5.10. The molecule has 0 aliphatic heterocycles. The van der Waals surface area contributed by atoms with Gasteiger partial charge in [-0.2, -0.15) is 0 Å². The summed E-state index contributed by atoms with van der Waals surface area (Å²) in [5.41, 5.74) is 7.02. The van der Waals surface area contributed by atoms with Gasteiger partial charge in [-0.3, -0.25) is 0 Å². The normalized spacial score (nSPS) is 14.6. The second kappa shape index (κ2) is 6.12. The number of hydrogen-bond donors (Lipinski definition) is 1. The Morgan fingerprint density at radius 1 is 1.44 bits per heavy atom. The standard InChI is InChI=1S/C13H20ClNO/c1-4-9(2)13(15)8-16-11-5-6-12(14)10(3)7-11/h5-7,9,13H,4,8,15H2,1-3H3. The van der Waals surface area contributed by atoms with Gasteiger partial charge in [-0.15, -0.1) is 0 Å². The molecule has 0 fully saturated rings. The third-order valence-electron chi connectivity index (χ3n) is 2.95. The summed E-state index contributed by atoms with van der Waals surface area (Å²) in [5, 5.41) is 0.763. The summed E-state index contributed by atoms with van der Waals surface area (Å²) >= 11 is 5.94. The highest BCUT2D eigenvalue weighted by molar-refractivity contribution is 6.31. The summed E-state index contributed by atoms with van der Waals surface area (Å²) in [5.74, 6) is 1.31. The molecule has 0 amide bonds. The van der Waals surface area contributed by atoms with Crippen molar-refractivity contribution in [3.8, 4) is 5.75 Å². The maximum Gasteiger partial charge on any atom is 0.119 e. The number of nitrogens with two attached hydrogens (primary N) is 1. The van der Waals surface area contributed by atoms with Crippen molar-refractivity contribution in [2.24, 2.45) is 11.7 Å². The fourth-order valence-electron chi connectivity index (χ4n) is 1.37. The zero-order valence-corrected chi connectivity index (χ0v) is 10.9. The van der Waals surface area contributed by atoms with Crippen LogP contribution in [-0.4, -0.2) is 12.6 Å². The van der Waals surface area contributed by atoms with Crippen LogP contribution in [0.4, 0.5) is 0 Å². The number of aryl methyl sites for hydroxylation is 1. The summed E-state index contributed by atoms with van der Waals surface area (Å²) in [4.78, 5) is 0. The minimum atomic E-state index is 0.0842. The van der Waals surface area contributed by atoms with E-state index in [1.165, 1.54) is 0 Å². The Labute approximate surface area is 103 Å². The second-order valence-electron chi connectivity index (χ2n) is 4.27. The lowest BCUT2D eigenvalue weighted by Gasteiger charge is -2.18. The quantitative estimate of drug-likeness (QED) is 0.858. The van der Waals surface area contributed by atoms with Crippen molar-refractivity contribution in [3.63, 3.8) is 0 Å². The molecule has 2 atom stereocenters. The zero-order chi connectivity index (χ0) is 12.1. The van der Waals surface area contributed by atoms with E-state index in [0.717, 1.165) is 22.8 Å². The summed E-state index contributed by atoms with van der Waals surface area (Å²) in [6.07, 6.45) is 1.07. The second-order valence-corrected chi connectivity index (χ2v) is 4.68. The van der Waals surface area contributed by atoms with Gasteiger partial charge in [-0.05, 0) is 36.6 Å². The average Bonchev–Trinajstić information content (AvgIpc) is 2.29. The lowest BCUT2D eigenvalue weighted by atomic mass is 10.0. The molecule has 0 radical (unpaired) electrons. The van der Waals surface area contributed by atoms with E-state index in [1.54, 1.807) is 0 Å². The summed E-state index contributed by atoms with van der Waals surface area (Å²) in [7, 11) is 0. The molecule has 3 heteroatoms. The maximum absolute atomic E-state index is 5.99. The molecule has 2 N–H and O–H groups in total. The van der Waals surface area contributed by atoms with Gasteiger partial charge in [0, 0.05) is 11.1 Å². The molecule has 1 aromatic rings. The van der Waals surface area contributed by atoms with E-state index >= 15 is 0 Å². The van der Waals surface area contributed by atoms with Crippen LogP contribution in [0.1, 0.15) is 25.8 Å². The van der Waals surface area contributed by atoms with Crippen molar-refractivity contribution in [2.75, 3.05) is 6.61 Å². The van der Waals surface area contributed by atoms with Crippen LogP contribution in [-0.2, 0) is 0 Å². The molecule has 2 unspecified atom stereocenters. The van der Waals surface area contributed by atoms with Gasteiger partial charge in [0.1, 0.15) is 12.4 Å². The Hall–Kier alpha value is -0.730. The Bertz CT molecular complexity index is 341. The lowest BCUT2D eigenvalue weighted by molar-refractivity contribution is 0.250. The summed E-state index contributed by atoms with van der Waals surface area (Å²) in [6, 6.07) is 5.74. The van der Waals surface area contributed by atoms with Crippen molar-refractivity contribution in [1.29, 1.82) is 0 Å². The molecule has 0 aromatic heterocycles. The molecule has 0 saturated heterocycles. The van der Waals surface area contributed by atoms with Gasteiger partial charge in [0.2, 0.25) is 0 Å². The SMILES string of the molecule is CCC(C)C(N)COc1ccc(Cl)c(C)c1. The Balaban J connectivity index is 2.51. The molecule has 16 heavy (non-hydrogen) atoms. The molecule has 1 rings (SSSR count). The molecule has 0 aliphatic rings. The first-order valence-electron chi connectivity index (χ1n) is 5.69. The predicted octanol–water partition coefficient (Wildman–Crippen LogP) is 3.40. The minimum absolute atomic E-state index is 0.0842. The average molecular weight is 242 g/mol. The van der Waals surface area contributed by atoms with E-state index in [9.17, 15) is 0 Å². The number of benzene rings is 1. The van der Waals surface area contributed by atoms with Gasteiger partial charge in [-0.25, -0.2) is 0 Å². The first kappa shape index (κ1) is 13.3. The van der Waals surface area contributed by atoms with Gasteiger partial charge in [0.15, 0.2) is 0 Å². The predicted molar refractivity (Wildman–Crippen MR) is 69.1 cm³/mol. The fraction of sp³-hybridized carbons (Fsp3) is 0.538. The molecule has 0 saturated carbocycles. The van der Waals surface area contributed by atoms with Crippen molar-refractivity contribution in [1.82, 2.24) is 0 Å². The Morgan fingerprint density at radius 2 is 2.12 bits per heavy atom. The van der Waals surface area contributed by atoms with Crippen molar-refractivity contribution in [2.45, 2.75) is 33.2 Å². The van der Waals surface area contributed by atoms with Gasteiger partial charge in [0.25, 0.3) is 0 Å². The lowest BCUT2D eigenvalue weighted by Crippen LogP contribution is -2.34. The molecular formula is C13H20ClNO. The van der Waals surface area contributed by atoms with Gasteiger partial charge in [0.05, 0.1) is 0 Å². The van der Waals surface area contributed by atoms with E-state index in [4.69, 9.17) is 22.1 Å². The molecule has 1 aromatic carbocycles. The van der Waals surface area contributed by atoms with Crippen LogP contribution in [0.3, 0.4) is 0 Å². The van der Waals surface area contributed by atoms with E-state index in [2.05, 4.69) is 13.8 Å². The number of hydrogen-bond acceptors (Lipinski definition) is 2. The molecule has 2 nitrogen and oxygen atoms in total. The van der Waals surface area contributed by atoms with E-state index in [1.807, 2.05) is 25.1 Å². The van der Waals surface area contributed by atoms with Gasteiger partial charge >= 0.3 is 0 Å². The van der Waals surface area contributed by atoms with Crippen LogP contribution < -0.4 is 10.5 Å². The molecule has 0 spiro atoms. The topological polar surface area (TPSA) is 35.2 Å². The highest BCUT2D eigenvalue weighted by Crippen LogP contribution is 2.21. The van der Waals surface area contributed by atoms with Crippen molar-refractivity contribution >= 4 is 11.6 Å². The largest absolute Gasteiger partial charge is 0.492 e. The Morgan fingerprint density at radius 3 is 2.69 bits per heavy atom. The van der Waals surface area contributed by atoms with Crippen LogP contribution in [0.2, 0.25) is 5.02 Å². The third kappa shape index (κ3) is 3.69. The summed E-state index contributed by atoms with van der Waals surface area (Å²) < 4.78 is 5.64. The van der Waals surface area contributed by atoms with Crippen LogP contribution >= 0.6 is 11.6 Å². The van der Waals surface area contributed by atoms with Crippen LogP contribution in [0, 0.1) is 12.8 Å². The van der Waals surface area contributed by atoms with E-state index < -0.39 is 0 Å². The van der Waals surface area contributed by atoms with E-state index in [0.29, 0.717) is 12.5 Å². The highest BCUT2D eigenvalue weighted by atomic mass is 35.5. The van der Waals surface area contributed by atoms with Gasteiger partial charge < -0.3 is 10.5 Å². The molecular weight excluding hydrogens is 222 g/mol. The van der Waals surface area contributed by atoms with Crippen molar-refractivity contribution < 1.29 is 4.74 Å². The summed E-state index contributed by atoms with van der Waals surface area (Å²) in [6.45, 7) is 6.79. The van der Waals surface area contributed by atoms with Crippen LogP contribution in [0.15, 0.2) is 18.2 Å². The maximum atomic E-state index is 5.99. The number of rotatable bonds is 5. The molecule has 0 aliphatic carbocycles. The monoisotopic (exact) mass is 241 g/mol. The molecule has 0 heterocycles. The fourth-order valence-corrected chi connectivity index (χ4v) is 1.48. The highest BCUT2D eigenvalue weighted by Gasteiger charge is 2.11. The van der Waals surface area contributed by atoms with E-state index in [-0.39, 0.29) is 6.04 Å². The van der Waals surface area contributed by atoms with Gasteiger partial charge in [-0.1, -0.05) is 31.9 Å². The van der Waals surface area contributed by atoms with Crippen LogP contribution in [0.5, 0.6) is 5.75 Å².